The van der Waals surface area contributed by atoms with Crippen LogP contribution in [0.25, 0.3) is 0 Å². The van der Waals surface area contributed by atoms with Crippen LogP contribution < -0.4 is 25.1 Å². The molecule has 8 heteroatoms. The van der Waals surface area contributed by atoms with Crippen molar-refractivity contribution in [2.75, 3.05) is 20.3 Å². The van der Waals surface area contributed by atoms with Gasteiger partial charge in [0.1, 0.15) is 17.3 Å². The maximum atomic E-state index is 11.8. The SMILES string of the molecule is CCOc1ccccc1OCC(N)C(C)Cc1ccc(OC)c(S(N)(=O)=O)c1. The maximum absolute atomic E-state index is 11.8. The van der Waals surface area contributed by atoms with Gasteiger partial charge >= 0.3 is 0 Å². The second kappa shape index (κ2) is 9.77. The van der Waals surface area contributed by atoms with Crippen LogP contribution in [0.4, 0.5) is 0 Å². The number of hydrogen-bond donors (Lipinski definition) is 2. The molecule has 0 amide bonds. The molecule has 0 saturated heterocycles. The van der Waals surface area contributed by atoms with Gasteiger partial charge in [0.15, 0.2) is 11.5 Å². The molecule has 0 aliphatic heterocycles. The van der Waals surface area contributed by atoms with E-state index in [1.807, 2.05) is 44.2 Å². The molecule has 4 N–H and O–H groups in total. The fourth-order valence-corrected chi connectivity index (χ4v) is 3.54. The molecular weight excluding hydrogens is 380 g/mol. The van der Waals surface area contributed by atoms with E-state index in [1.165, 1.54) is 13.2 Å². The van der Waals surface area contributed by atoms with Crippen molar-refractivity contribution in [3.8, 4) is 17.2 Å². The van der Waals surface area contributed by atoms with Crippen molar-refractivity contribution < 1.29 is 22.6 Å². The number of nitrogens with two attached hydrogens (primary N) is 2. The highest BCUT2D eigenvalue weighted by molar-refractivity contribution is 7.89. The van der Waals surface area contributed by atoms with Gasteiger partial charge < -0.3 is 19.9 Å². The zero-order valence-corrected chi connectivity index (χ0v) is 17.2. The summed E-state index contributed by atoms with van der Waals surface area (Å²) in [6.45, 7) is 4.76. The van der Waals surface area contributed by atoms with Gasteiger partial charge in [0.2, 0.25) is 10.0 Å². The Morgan fingerprint density at radius 1 is 1.04 bits per heavy atom. The number of primary sulfonamides is 1. The number of benzene rings is 2. The highest BCUT2D eigenvalue weighted by atomic mass is 32.2. The summed E-state index contributed by atoms with van der Waals surface area (Å²) in [6.07, 6.45) is 0.574. The average Bonchev–Trinajstić information content (AvgIpc) is 2.66. The van der Waals surface area contributed by atoms with E-state index in [4.69, 9.17) is 25.1 Å². The van der Waals surface area contributed by atoms with E-state index >= 15 is 0 Å². The quantitative estimate of drug-likeness (QED) is 0.624. The summed E-state index contributed by atoms with van der Waals surface area (Å²) in [4.78, 5) is -0.0323. The number of hydrogen-bond acceptors (Lipinski definition) is 6. The van der Waals surface area contributed by atoms with Crippen LogP contribution in [-0.4, -0.2) is 34.8 Å². The molecule has 0 fully saturated rings. The smallest absolute Gasteiger partial charge is 0.241 e. The molecule has 2 aromatic rings. The Labute approximate surface area is 166 Å². The van der Waals surface area contributed by atoms with Crippen LogP contribution >= 0.6 is 0 Å². The van der Waals surface area contributed by atoms with Gasteiger partial charge in [-0.1, -0.05) is 25.1 Å². The first-order valence-corrected chi connectivity index (χ1v) is 10.6. The third kappa shape index (κ3) is 5.85. The Hall–Kier alpha value is -2.29. The van der Waals surface area contributed by atoms with Crippen molar-refractivity contribution in [2.45, 2.75) is 31.2 Å². The predicted octanol–water partition coefficient (Wildman–Crippen LogP) is 2.33. The summed E-state index contributed by atoms with van der Waals surface area (Å²) in [5, 5.41) is 5.28. The summed E-state index contributed by atoms with van der Waals surface area (Å²) in [7, 11) is -2.47. The molecular formula is C20H28N2O5S. The summed E-state index contributed by atoms with van der Waals surface area (Å²) in [5.41, 5.74) is 7.09. The van der Waals surface area contributed by atoms with E-state index in [2.05, 4.69) is 0 Å². The largest absolute Gasteiger partial charge is 0.495 e. The second-order valence-electron chi connectivity index (χ2n) is 6.57. The first kappa shape index (κ1) is 22.0. The normalized spacial score (nSPS) is 13.6. The Balaban J connectivity index is 2.04. The van der Waals surface area contributed by atoms with E-state index in [0.717, 1.165) is 5.56 Å². The number of rotatable bonds is 10. The molecule has 0 heterocycles. The standard InChI is InChI=1S/C20H28N2O5S/c1-4-26-17-7-5-6-8-18(17)27-13-16(21)14(2)11-15-9-10-19(25-3)20(12-15)28(22,23)24/h5-10,12,14,16H,4,11,13,21H2,1-3H3,(H2,22,23,24). The molecule has 0 bridgehead atoms. The first-order chi connectivity index (χ1) is 13.3. The van der Waals surface area contributed by atoms with E-state index < -0.39 is 10.0 Å². The van der Waals surface area contributed by atoms with Gasteiger partial charge in [0.25, 0.3) is 0 Å². The Morgan fingerprint density at radius 2 is 1.68 bits per heavy atom. The molecule has 7 nitrogen and oxygen atoms in total. The monoisotopic (exact) mass is 408 g/mol. The number of ether oxygens (including phenoxy) is 3. The minimum atomic E-state index is -3.88. The third-order valence-electron chi connectivity index (χ3n) is 4.40. The molecule has 0 radical (unpaired) electrons. The fraction of sp³-hybridized carbons (Fsp3) is 0.400. The van der Waals surface area contributed by atoms with Crippen LogP contribution in [0.3, 0.4) is 0 Å². The average molecular weight is 409 g/mol. The molecule has 0 aromatic heterocycles. The molecule has 2 rings (SSSR count). The summed E-state index contributed by atoms with van der Waals surface area (Å²) in [6, 6.07) is 12.1. The molecule has 28 heavy (non-hydrogen) atoms. The maximum Gasteiger partial charge on any atom is 0.241 e. The lowest BCUT2D eigenvalue weighted by molar-refractivity contribution is 0.235. The van der Waals surface area contributed by atoms with Gasteiger partial charge in [-0.25, -0.2) is 13.6 Å². The predicted molar refractivity (Wildman–Crippen MR) is 108 cm³/mol. The number of sulfonamides is 1. The highest BCUT2D eigenvalue weighted by Crippen LogP contribution is 2.28. The van der Waals surface area contributed by atoms with Crippen molar-refractivity contribution in [1.82, 2.24) is 0 Å². The van der Waals surface area contributed by atoms with Crippen molar-refractivity contribution in [3.63, 3.8) is 0 Å². The summed E-state index contributed by atoms with van der Waals surface area (Å²) in [5.74, 6) is 1.59. The molecule has 2 aromatic carbocycles. The van der Waals surface area contributed by atoms with Crippen LogP contribution in [0.1, 0.15) is 19.4 Å². The fourth-order valence-electron chi connectivity index (χ4n) is 2.79. The van der Waals surface area contributed by atoms with Crippen molar-refractivity contribution >= 4 is 10.0 Å². The van der Waals surface area contributed by atoms with Gasteiger partial charge in [-0.2, -0.15) is 0 Å². The van der Waals surface area contributed by atoms with E-state index in [-0.39, 0.29) is 22.6 Å². The molecule has 0 aliphatic carbocycles. The van der Waals surface area contributed by atoms with Gasteiger partial charge in [0, 0.05) is 6.04 Å². The van der Waals surface area contributed by atoms with Crippen LogP contribution in [-0.2, 0) is 16.4 Å². The van der Waals surface area contributed by atoms with Gasteiger partial charge in [-0.15, -0.1) is 0 Å². The van der Waals surface area contributed by atoms with Crippen molar-refractivity contribution in [2.24, 2.45) is 16.8 Å². The van der Waals surface area contributed by atoms with Crippen molar-refractivity contribution in [3.05, 3.63) is 48.0 Å². The van der Waals surface area contributed by atoms with Gasteiger partial charge in [0.05, 0.1) is 13.7 Å². The summed E-state index contributed by atoms with van der Waals surface area (Å²) < 4.78 is 40.0. The van der Waals surface area contributed by atoms with Crippen LogP contribution in [0.2, 0.25) is 0 Å². The topological polar surface area (TPSA) is 114 Å². The zero-order chi connectivity index (χ0) is 20.7. The number of methoxy groups -OCH3 is 1. The van der Waals surface area contributed by atoms with E-state index in [0.29, 0.717) is 31.1 Å². The molecule has 154 valence electrons. The lowest BCUT2D eigenvalue weighted by atomic mass is 9.95. The number of para-hydroxylation sites is 2. The molecule has 0 spiro atoms. The Morgan fingerprint density at radius 3 is 2.25 bits per heavy atom. The van der Waals surface area contributed by atoms with E-state index in [1.54, 1.807) is 6.07 Å². The lowest BCUT2D eigenvalue weighted by Crippen LogP contribution is -2.35. The first-order valence-electron chi connectivity index (χ1n) is 9.06. The second-order valence-corrected chi connectivity index (χ2v) is 8.10. The lowest BCUT2D eigenvalue weighted by Gasteiger charge is -2.21. The van der Waals surface area contributed by atoms with E-state index in [9.17, 15) is 8.42 Å². The minimum absolute atomic E-state index is 0.0323. The van der Waals surface area contributed by atoms with Gasteiger partial charge in [-0.3, -0.25) is 0 Å². The third-order valence-corrected chi connectivity index (χ3v) is 5.34. The molecule has 0 saturated carbocycles. The molecule has 2 unspecified atom stereocenters. The van der Waals surface area contributed by atoms with Crippen molar-refractivity contribution in [1.29, 1.82) is 0 Å². The Bertz CT molecular complexity index is 886. The minimum Gasteiger partial charge on any atom is -0.495 e. The highest BCUT2D eigenvalue weighted by Gasteiger charge is 2.19. The van der Waals surface area contributed by atoms with Gasteiger partial charge in [-0.05, 0) is 49.1 Å². The van der Waals surface area contributed by atoms with Crippen LogP contribution in [0, 0.1) is 5.92 Å². The van der Waals surface area contributed by atoms with Crippen LogP contribution in [0.5, 0.6) is 17.2 Å². The Kier molecular flexibility index (Phi) is 7.68. The summed E-state index contributed by atoms with van der Waals surface area (Å²) >= 11 is 0. The molecule has 2 atom stereocenters. The molecule has 0 aliphatic rings. The zero-order valence-electron chi connectivity index (χ0n) is 16.4. The van der Waals surface area contributed by atoms with Crippen LogP contribution in [0.15, 0.2) is 47.4 Å².